The number of nitrogens with one attached hydrogen (secondary N) is 3. The lowest BCUT2D eigenvalue weighted by Gasteiger charge is -2.32. The third kappa shape index (κ3) is 9.71. The van der Waals surface area contributed by atoms with Crippen LogP contribution in [0.5, 0.6) is 0 Å². The van der Waals surface area contributed by atoms with Gasteiger partial charge in [-0.2, -0.15) is 0 Å². The number of carbonyl (C=O) groups excluding carboxylic acids is 4. The van der Waals surface area contributed by atoms with Gasteiger partial charge in [-0.1, -0.05) is 60.7 Å². The van der Waals surface area contributed by atoms with Gasteiger partial charge in [-0.25, -0.2) is 4.79 Å². The summed E-state index contributed by atoms with van der Waals surface area (Å²) in [6, 6.07) is 14.3. The van der Waals surface area contributed by atoms with Crippen LogP contribution >= 0.6 is 11.6 Å². The maximum Gasteiger partial charge on any atom is 0.408 e. The molecule has 1 heterocycles. The van der Waals surface area contributed by atoms with Gasteiger partial charge < -0.3 is 35.8 Å². The van der Waals surface area contributed by atoms with Crippen molar-refractivity contribution in [1.82, 2.24) is 20.9 Å². The summed E-state index contributed by atoms with van der Waals surface area (Å²) in [5.41, 5.74) is 0.898. The molecule has 11 nitrogen and oxygen atoms in total. The Balaban J connectivity index is 1.73. The van der Waals surface area contributed by atoms with Gasteiger partial charge in [0.2, 0.25) is 11.8 Å². The number of likely N-dealkylation sites (tertiary alicyclic amines) is 1. The number of rotatable bonds is 11. The van der Waals surface area contributed by atoms with Crippen molar-refractivity contribution in [3.63, 3.8) is 0 Å². The molecule has 2 aromatic carbocycles. The standard InChI is InChI=1S/C30H39ClN4O7/c1-30(2,3)34-27(39)24-15-21(31)16-35(24)28(40)25(37)22(14-19-10-6-4-7-11-19)32-26(38)23(17-36)33-29(41)42-18-20-12-8-5-9-13-20/h4-13,21-25,36-37H,14-18H2,1-3H3,(H,32,38)(H,33,41)(H,34,39)/t21-,22-,23-,24-,25-/m0/s1. The van der Waals surface area contributed by atoms with Crippen molar-refractivity contribution in [2.45, 2.75) is 75.4 Å². The number of amides is 4. The van der Waals surface area contributed by atoms with Crippen LogP contribution in [0, 0.1) is 0 Å². The summed E-state index contributed by atoms with van der Waals surface area (Å²) in [6.07, 6.45) is -2.43. The molecule has 42 heavy (non-hydrogen) atoms. The van der Waals surface area contributed by atoms with Crippen molar-refractivity contribution in [1.29, 1.82) is 0 Å². The molecule has 3 rings (SSSR count). The van der Waals surface area contributed by atoms with Crippen molar-refractivity contribution in [2.24, 2.45) is 0 Å². The minimum atomic E-state index is -1.76. The molecular formula is C30H39ClN4O7. The van der Waals surface area contributed by atoms with E-state index in [1.807, 2.05) is 26.8 Å². The molecular weight excluding hydrogens is 564 g/mol. The Hall–Kier alpha value is -3.67. The SMILES string of the molecule is CC(C)(C)NC(=O)[C@@H]1C[C@H](Cl)CN1C(=O)[C@@H](O)[C@H](Cc1ccccc1)NC(=O)[C@H](CO)NC(=O)OCc1ccccc1. The van der Waals surface area contributed by atoms with Crippen LogP contribution in [0.4, 0.5) is 4.79 Å². The zero-order valence-corrected chi connectivity index (χ0v) is 24.7. The zero-order chi connectivity index (χ0) is 30.9. The molecule has 0 unspecified atom stereocenters. The number of hydrogen-bond donors (Lipinski definition) is 5. The van der Waals surface area contributed by atoms with E-state index in [1.54, 1.807) is 54.6 Å². The van der Waals surface area contributed by atoms with Gasteiger partial charge in [0.25, 0.3) is 5.91 Å². The Morgan fingerprint density at radius 2 is 1.60 bits per heavy atom. The summed E-state index contributed by atoms with van der Waals surface area (Å²) in [7, 11) is 0. The first-order valence-electron chi connectivity index (χ1n) is 13.7. The summed E-state index contributed by atoms with van der Waals surface area (Å²) in [4.78, 5) is 53.2. The lowest BCUT2D eigenvalue weighted by atomic mass is 9.99. The third-order valence-corrected chi connectivity index (χ3v) is 6.91. The molecule has 0 bridgehead atoms. The summed E-state index contributed by atoms with van der Waals surface area (Å²) in [6.45, 7) is 4.68. The van der Waals surface area contributed by atoms with Gasteiger partial charge in [0.1, 0.15) is 18.7 Å². The van der Waals surface area contributed by atoms with Crippen molar-refractivity contribution < 1.29 is 34.1 Å². The average molecular weight is 603 g/mol. The molecule has 0 radical (unpaired) electrons. The van der Waals surface area contributed by atoms with Crippen LogP contribution in [-0.4, -0.2) is 87.2 Å². The molecule has 0 saturated carbocycles. The fraction of sp³-hybridized carbons (Fsp3) is 0.467. The van der Waals surface area contributed by atoms with Gasteiger partial charge >= 0.3 is 6.09 Å². The van der Waals surface area contributed by atoms with Gasteiger partial charge in [0, 0.05) is 12.1 Å². The molecule has 5 N–H and O–H groups in total. The predicted molar refractivity (Wildman–Crippen MR) is 156 cm³/mol. The molecule has 0 aromatic heterocycles. The molecule has 228 valence electrons. The fourth-order valence-electron chi connectivity index (χ4n) is 4.57. The first-order chi connectivity index (χ1) is 19.9. The lowest BCUT2D eigenvalue weighted by molar-refractivity contribution is -0.147. The largest absolute Gasteiger partial charge is 0.445 e. The maximum absolute atomic E-state index is 13.6. The fourth-order valence-corrected chi connectivity index (χ4v) is 4.88. The van der Waals surface area contributed by atoms with E-state index in [-0.39, 0.29) is 26.0 Å². The van der Waals surface area contributed by atoms with Gasteiger partial charge in [-0.15, -0.1) is 11.6 Å². The number of aliphatic hydroxyl groups is 2. The van der Waals surface area contributed by atoms with Crippen molar-refractivity contribution in [3.05, 3.63) is 71.8 Å². The van der Waals surface area contributed by atoms with Crippen LogP contribution in [-0.2, 0) is 32.1 Å². The molecule has 1 fully saturated rings. The van der Waals surface area contributed by atoms with Crippen LogP contribution in [0.15, 0.2) is 60.7 Å². The van der Waals surface area contributed by atoms with E-state index in [0.29, 0.717) is 5.56 Å². The van der Waals surface area contributed by atoms with E-state index in [2.05, 4.69) is 16.0 Å². The van der Waals surface area contributed by atoms with E-state index < -0.39 is 65.6 Å². The highest BCUT2D eigenvalue weighted by molar-refractivity contribution is 6.21. The molecule has 1 saturated heterocycles. The number of aliphatic hydroxyl groups excluding tert-OH is 2. The molecule has 4 amide bonds. The average Bonchev–Trinajstić information content (AvgIpc) is 3.35. The number of halogens is 1. The van der Waals surface area contributed by atoms with Crippen molar-refractivity contribution in [2.75, 3.05) is 13.2 Å². The minimum Gasteiger partial charge on any atom is -0.445 e. The highest BCUT2D eigenvalue weighted by Gasteiger charge is 2.43. The highest BCUT2D eigenvalue weighted by Crippen LogP contribution is 2.25. The first-order valence-corrected chi connectivity index (χ1v) is 14.2. The second kappa shape index (κ2) is 15.0. The molecule has 5 atom stereocenters. The second-order valence-corrected chi connectivity index (χ2v) is 11.9. The van der Waals surface area contributed by atoms with Crippen LogP contribution < -0.4 is 16.0 Å². The van der Waals surface area contributed by atoms with Gasteiger partial charge in [0.05, 0.1) is 18.0 Å². The Morgan fingerprint density at radius 1 is 1.00 bits per heavy atom. The summed E-state index contributed by atoms with van der Waals surface area (Å²) in [5, 5.41) is 28.4. The number of alkyl halides is 1. The number of ether oxygens (including phenoxy) is 1. The van der Waals surface area contributed by atoms with Crippen LogP contribution in [0.1, 0.15) is 38.3 Å². The number of alkyl carbamates (subject to hydrolysis) is 1. The molecule has 1 aliphatic heterocycles. The number of carbonyl (C=O) groups is 4. The van der Waals surface area contributed by atoms with E-state index in [0.717, 1.165) is 5.56 Å². The summed E-state index contributed by atoms with van der Waals surface area (Å²) in [5.74, 6) is -2.00. The lowest BCUT2D eigenvalue weighted by Crippen LogP contribution is -2.59. The van der Waals surface area contributed by atoms with E-state index in [1.165, 1.54) is 4.90 Å². The molecule has 1 aliphatic rings. The maximum atomic E-state index is 13.6. The monoisotopic (exact) mass is 602 g/mol. The smallest absolute Gasteiger partial charge is 0.408 e. The number of nitrogens with zero attached hydrogens (tertiary/aromatic N) is 1. The van der Waals surface area contributed by atoms with Crippen LogP contribution in [0.3, 0.4) is 0 Å². The van der Waals surface area contributed by atoms with E-state index >= 15 is 0 Å². The normalized spacial score (nSPS) is 18.9. The minimum absolute atomic E-state index is 0.0414. The second-order valence-electron chi connectivity index (χ2n) is 11.3. The van der Waals surface area contributed by atoms with E-state index in [4.69, 9.17) is 16.3 Å². The molecule has 12 heteroatoms. The van der Waals surface area contributed by atoms with Crippen molar-refractivity contribution >= 4 is 35.4 Å². The Kier molecular flexibility index (Phi) is 11.7. The molecule has 2 aromatic rings. The molecule has 0 spiro atoms. The zero-order valence-electron chi connectivity index (χ0n) is 24.0. The quantitative estimate of drug-likeness (QED) is 0.244. The van der Waals surface area contributed by atoms with Gasteiger partial charge in [-0.05, 0) is 44.7 Å². The number of benzene rings is 2. The summed E-state index contributed by atoms with van der Waals surface area (Å²) >= 11 is 6.33. The van der Waals surface area contributed by atoms with Gasteiger partial charge in [0.15, 0.2) is 6.10 Å². The Labute approximate surface area is 250 Å². The van der Waals surface area contributed by atoms with Crippen molar-refractivity contribution in [3.8, 4) is 0 Å². The van der Waals surface area contributed by atoms with Crippen LogP contribution in [0.2, 0.25) is 0 Å². The number of hydrogen-bond acceptors (Lipinski definition) is 7. The topological polar surface area (TPSA) is 157 Å². The third-order valence-electron chi connectivity index (χ3n) is 6.60. The Bertz CT molecular complexity index is 1210. The first kappa shape index (κ1) is 32.8. The highest BCUT2D eigenvalue weighted by atomic mass is 35.5. The summed E-state index contributed by atoms with van der Waals surface area (Å²) < 4.78 is 5.14. The van der Waals surface area contributed by atoms with Gasteiger partial charge in [-0.3, -0.25) is 14.4 Å². The predicted octanol–water partition coefficient (Wildman–Crippen LogP) is 1.49. The van der Waals surface area contributed by atoms with E-state index in [9.17, 15) is 29.4 Å². The molecule has 0 aliphatic carbocycles. The Morgan fingerprint density at radius 3 is 2.17 bits per heavy atom. The van der Waals surface area contributed by atoms with Crippen LogP contribution in [0.25, 0.3) is 0 Å².